The van der Waals surface area contributed by atoms with E-state index in [1.165, 1.54) is 20.8 Å². The van der Waals surface area contributed by atoms with Gasteiger partial charge in [0.1, 0.15) is 5.41 Å². The Morgan fingerprint density at radius 1 is 1.44 bits per heavy atom. The van der Waals surface area contributed by atoms with Gasteiger partial charge in [-0.3, -0.25) is 9.59 Å². The number of alkyl halides is 2. The molecule has 1 fully saturated rings. The van der Waals surface area contributed by atoms with Crippen LogP contribution in [0, 0.1) is 11.3 Å². The minimum absolute atomic E-state index is 0.0947. The van der Waals surface area contributed by atoms with Gasteiger partial charge in [-0.2, -0.15) is 0 Å². The number of halogens is 2. The average Bonchev–Trinajstić information content (AvgIpc) is 2.39. The normalized spacial score (nSPS) is 24.6. The molecule has 0 aliphatic carbocycles. The van der Waals surface area contributed by atoms with Crippen molar-refractivity contribution in [3.8, 4) is 0 Å². The SMILES string of the molecule is CC1CN(C(=O)C(C)(C)C(=O)O)CC1(F)F. The summed E-state index contributed by atoms with van der Waals surface area (Å²) in [7, 11) is 0. The minimum Gasteiger partial charge on any atom is -0.480 e. The molecule has 1 aliphatic heterocycles. The second-order valence-corrected chi connectivity index (χ2v) is 4.78. The highest BCUT2D eigenvalue weighted by atomic mass is 19.3. The second-order valence-electron chi connectivity index (χ2n) is 4.78. The molecule has 4 nitrogen and oxygen atoms in total. The summed E-state index contributed by atoms with van der Waals surface area (Å²) in [6.45, 7) is 3.00. The van der Waals surface area contributed by atoms with E-state index >= 15 is 0 Å². The standard InChI is InChI=1S/C10H15F2NO3/c1-6-4-13(5-10(6,11)12)7(14)9(2,3)8(15)16/h6H,4-5H2,1-3H3,(H,15,16). The molecule has 1 aliphatic rings. The van der Waals surface area contributed by atoms with Crippen LogP contribution < -0.4 is 0 Å². The fraction of sp³-hybridized carbons (Fsp3) is 0.800. The Hall–Kier alpha value is -1.20. The van der Waals surface area contributed by atoms with Gasteiger partial charge in [-0.05, 0) is 13.8 Å². The second kappa shape index (κ2) is 3.68. The third-order valence-corrected chi connectivity index (χ3v) is 2.97. The quantitative estimate of drug-likeness (QED) is 0.732. The molecule has 0 saturated carbocycles. The van der Waals surface area contributed by atoms with Gasteiger partial charge in [-0.25, -0.2) is 8.78 Å². The lowest BCUT2D eigenvalue weighted by atomic mass is 9.92. The summed E-state index contributed by atoms with van der Waals surface area (Å²) in [6.07, 6.45) is 0. The van der Waals surface area contributed by atoms with Crippen molar-refractivity contribution < 1.29 is 23.5 Å². The zero-order chi connectivity index (χ0) is 12.7. The van der Waals surface area contributed by atoms with Crippen LogP contribution in [0.1, 0.15) is 20.8 Å². The summed E-state index contributed by atoms with van der Waals surface area (Å²) in [6, 6.07) is 0. The van der Waals surface area contributed by atoms with Gasteiger partial charge in [0.25, 0.3) is 5.92 Å². The molecule has 0 bridgehead atoms. The van der Waals surface area contributed by atoms with Gasteiger partial charge in [-0.1, -0.05) is 6.92 Å². The summed E-state index contributed by atoms with van der Waals surface area (Å²) < 4.78 is 26.4. The molecule has 92 valence electrons. The van der Waals surface area contributed by atoms with E-state index in [1.54, 1.807) is 0 Å². The van der Waals surface area contributed by atoms with Crippen LogP contribution in [0.4, 0.5) is 8.78 Å². The highest BCUT2D eigenvalue weighted by molar-refractivity contribution is 6.01. The summed E-state index contributed by atoms with van der Waals surface area (Å²) in [5, 5.41) is 8.83. The number of likely N-dealkylation sites (tertiary alicyclic amines) is 1. The number of nitrogens with zero attached hydrogens (tertiary/aromatic N) is 1. The largest absolute Gasteiger partial charge is 0.480 e. The first-order chi connectivity index (χ1) is 7.09. The number of rotatable bonds is 2. The lowest BCUT2D eigenvalue weighted by Gasteiger charge is -2.25. The molecule has 0 aromatic heterocycles. The molecule has 0 aromatic rings. The molecule has 1 rings (SSSR count). The Morgan fingerprint density at radius 2 is 1.94 bits per heavy atom. The molecule has 1 unspecified atom stereocenters. The summed E-state index contributed by atoms with van der Waals surface area (Å²) in [4.78, 5) is 23.5. The molecular formula is C10H15F2NO3. The Labute approximate surface area is 92.2 Å². The van der Waals surface area contributed by atoms with Crippen molar-refractivity contribution in [2.24, 2.45) is 11.3 Å². The maximum atomic E-state index is 13.2. The Balaban J connectivity index is 2.83. The predicted molar refractivity (Wildman–Crippen MR) is 52.1 cm³/mol. The van der Waals surface area contributed by atoms with Gasteiger partial charge in [0, 0.05) is 12.5 Å². The number of carbonyl (C=O) groups excluding carboxylic acids is 1. The molecule has 1 heterocycles. The van der Waals surface area contributed by atoms with Crippen molar-refractivity contribution in [2.45, 2.75) is 26.7 Å². The maximum absolute atomic E-state index is 13.2. The van der Waals surface area contributed by atoms with Crippen molar-refractivity contribution in [3.63, 3.8) is 0 Å². The van der Waals surface area contributed by atoms with E-state index in [9.17, 15) is 18.4 Å². The number of hydrogen-bond acceptors (Lipinski definition) is 2. The molecule has 6 heteroatoms. The average molecular weight is 235 g/mol. The number of amides is 1. The Bertz CT molecular complexity index is 328. The van der Waals surface area contributed by atoms with E-state index in [1.807, 2.05) is 0 Å². The van der Waals surface area contributed by atoms with Gasteiger partial charge >= 0.3 is 5.97 Å². The predicted octanol–water partition coefficient (Wildman–Crippen LogP) is 1.21. The number of carboxylic acid groups (broad SMARTS) is 1. The topological polar surface area (TPSA) is 57.6 Å². The van der Waals surface area contributed by atoms with Crippen LogP contribution in [0.15, 0.2) is 0 Å². The van der Waals surface area contributed by atoms with E-state index in [4.69, 9.17) is 5.11 Å². The third kappa shape index (κ3) is 2.01. The molecule has 1 saturated heterocycles. The zero-order valence-electron chi connectivity index (χ0n) is 9.46. The Morgan fingerprint density at radius 3 is 2.25 bits per heavy atom. The van der Waals surface area contributed by atoms with Crippen molar-refractivity contribution in [1.82, 2.24) is 4.90 Å². The van der Waals surface area contributed by atoms with Crippen molar-refractivity contribution in [1.29, 1.82) is 0 Å². The first-order valence-corrected chi connectivity index (χ1v) is 4.99. The molecule has 1 N–H and O–H groups in total. The van der Waals surface area contributed by atoms with Crippen LogP contribution in [0.3, 0.4) is 0 Å². The molecule has 1 amide bonds. The first kappa shape index (κ1) is 12.9. The fourth-order valence-corrected chi connectivity index (χ4v) is 1.58. The van der Waals surface area contributed by atoms with Crippen LogP contribution in [-0.4, -0.2) is 40.9 Å². The van der Waals surface area contributed by atoms with Gasteiger partial charge in [-0.15, -0.1) is 0 Å². The fourth-order valence-electron chi connectivity index (χ4n) is 1.58. The number of hydrogen-bond donors (Lipinski definition) is 1. The van der Waals surface area contributed by atoms with Gasteiger partial charge in [0.2, 0.25) is 5.91 Å². The summed E-state index contributed by atoms with van der Waals surface area (Å²) in [5.41, 5.74) is -1.65. The van der Waals surface area contributed by atoms with Gasteiger partial charge < -0.3 is 10.0 Å². The zero-order valence-corrected chi connectivity index (χ0v) is 9.46. The van der Waals surface area contributed by atoms with Crippen LogP contribution >= 0.6 is 0 Å². The van der Waals surface area contributed by atoms with Crippen molar-refractivity contribution in [3.05, 3.63) is 0 Å². The molecule has 1 atom stereocenters. The van der Waals surface area contributed by atoms with E-state index in [-0.39, 0.29) is 6.54 Å². The van der Waals surface area contributed by atoms with Crippen LogP contribution in [0.2, 0.25) is 0 Å². The Kier molecular flexibility index (Phi) is 2.96. The van der Waals surface area contributed by atoms with Crippen LogP contribution in [0.5, 0.6) is 0 Å². The molecule has 0 radical (unpaired) electrons. The van der Waals surface area contributed by atoms with E-state index in [0.717, 1.165) is 4.90 Å². The van der Waals surface area contributed by atoms with E-state index < -0.39 is 35.7 Å². The number of carboxylic acids is 1. The molecule has 0 aromatic carbocycles. The van der Waals surface area contributed by atoms with Gasteiger partial charge in [0.05, 0.1) is 6.54 Å². The number of aliphatic carboxylic acids is 1. The van der Waals surface area contributed by atoms with Crippen molar-refractivity contribution in [2.75, 3.05) is 13.1 Å². The monoisotopic (exact) mass is 235 g/mol. The summed E-state index contributed by atoms with van der Waals surface area (Å²) >= 11 is 0. The van der Waals surface area contributed by atoms with Crippen LogP contribution in [-0.2, 0) is 9.59 Å². The first-order valence-electron chi connectivity index (χ1n) is 4.99. The van der Waals surface area contributed by atoms with Crippen molar-refractivity contribution >= 4 is 11.9 Å². The van der Waals surface area contributed by atoms with Gasteiger partial charge in [0.15, 0.2) is 0 Å². The van der Waals surface area contributed by atoms with Crippen LogP contribution in [0.25, 0.3) is 0 Å². The summed E-state index contributed by atoms with van der Waals surface area (Å²) in [5.74, 6) is -5.92. The highest BCUT2D eigenvalue weighted by Gasteiger charge is 2.50. The minimum atomic E-state index is -2.93. The third-order valence-electron chi connectivity index (χ3n) is 2.97. The number of carbonyl (C=O) groups is 2. The smallest absolute Gasteiger partial charge is 0.318 e. The van der Waals surface area contributed by atoms with E-state index in [2.05, 4.69) is 0 Å². The molecule has 0 spiro atoms. The molecular weight excluding hydrogens is 220 g/mol. The maximum Gasteiger partial charge on any atom is 0.318 e. The lowest BCUT2D eigenvalue weighted by Crippen LogP contribution is -2.44. The molecule has 16 heavy (non-hydrogen) atoms. The lowest BCUT2D eigenvalue weighted by molar-refractivity contribution is -0.158. The van der Waals surface area contributed by atoms with E-state index in [0.29, 0.717) is 0 Å². The highest BCUT2D eigenvalue weighted by Crippen LogP contribution is 2.34.